The summed E-state index contributed by atoms with van der Waals surface area (Å²) in [6.07, 6.45) is 1.38. The first kappa shape index (κ1) is 12.2. The highest BCUT2D eigenvalue weighted by Crippen LogP contribution is 1.96. The van der Waals surface area contributed by atoms with Gasteiger partial charge in [0.2, 0.25) is 5.91 Å². The molecular formula is C9H14N4O3. The molecule has 88 valence electrons. The molecule has 0 aromatic carbocycles. The summed E-state index contributed by atoms with van der Waals surface area (Å²) < 4.78 is 5.78. The minimum absolute atomic E-state index is 0.0638. The molecule has 1 aromatic heterocycles. The van der Waals surface area contributed by atoms with Crippen LogP contribution in [-0.4, -0.2) is 52.5 Å². The van der Waals surface area contributed by atoms with Gasteiger partial charge in [-0.3, -0.25) is 4.79 Å². The molecular weight excluding hydrogens is 212 g/mol. The lowest BCUT2D eigenvalue weighted by Crippen LogP contribution is -2.30. The monoisotopic (exact) mass is 226 g/mol. The maximum Gasteiger partial charge on any atom is 0.360 e. The summed E-state index contributed by atoms with van der Waals surface area (Å²) in [5.74, 6) is -0.661. The fraction of sp³-hybridized carbons (Fsp3) is 0.556. The van der Waals surface area contributed by atoms with Crippen molar-refractivity contribution in [2.75, 3.05) is 20.7 Å². The van der Waals surface area contributed by atoms with Gasteiger partial charge in [0.05, 0.1) is 13.3 Å². The van der Waals surface area contributed by atoms with E-state index in [2.05, 4.69) is 15.0 Å². The smallest absolute Gasteiger partial charge is 0.360 e. The molecule has 0 atom stereocenters. The molecule has 0 fully saturated rings. The van der Waals surface area contributed by atoms with E-state index in [1.807, 2.05) is 6.92 Å². The van der Waals surface area contributed by atoms with Gasteiger partial charge in [-0.1, -0.05) is 5.21 Å². The van der Waals surface area contributed by atoms with Crippen LogP contribution in [0.1, 0.15) is 17.4 Å². The molecule has 0 unspecified atom stereocenters. The molecule has 0 aliphatic carbocycles. The average Bonchev–Trinajstić information content (AvgIpc) is 2.75. The maximum atomic E-state index is 11.5. The number of carbonyl (C=O) groups excluding carboxylic acids is 2. The Morgan fingerprint density at radius 2 is 2.25 bits per heavy atom. The number of esters is 1. The molecule has 1 heterocycles. The van der Waals surface area contributed by atoms with Crippen molar-refractivity contribution in [3.05, 3.63) is 11.9 Å². The summed E-state index contributed by atoms with van der Waals surface area (Å²) in [6.45, 7) is 2.56. The van der Waals surface area contributed by atoms with Gasteiger partial charge < -0.3 is 9.64 Å². The van der Waals surface area contributed by atoms with Crippen molar-refractivity contribution in [1.82, 2.24) is 19.9 Å². The Hall–Kier alpha value is -1.92. The molecule has 0 radical (unpaired) electrons. The van der Waals surface area contributed by atoms with E-state index in [4.69, 9.17) is 0 Å². The maximum absolute atomic E-state index is 11.5. The minimum atomic E-state index is -0.567. The second-order valence-corrected chi connectivity index (χ2v) is 3.20. The lowest BCUT2D eigenvalue weighted by molar-refractivity contribution is -0.130. The Morgan fingerprint density at radius 3 is 2.81 bits per heavy atom. The molecule has 0 aliphatic heterocycles. The van der Waals surface area contributed by atoms with Gasteiger partial charge in [0.25, 0.3) is 0 Å². The highest BCUT2D eigenvalue weighted by molar-refractivity contribution is 5.86. The molecule has 1 rings (SSSR count). The average molecular weight is 226 g/mol. The first-order chi connectivity index (χ1) is 7.58. The standard InChI is InChI=1S/C9H14N4O3/c1-4-12(2)8(14)6-13-5-7(10-11-13)9(15)16-3/h5H,4,6H2,1-3H3. The number of amides is 1. The quantitative estimate of drug-likeness (QED) is 0.649. The van der Waals surface area contributed by atoms with Crippen LogP contribution in [0, 0.1) is 0 Å². The number of rotatable bonds is 4. The van der Waals surface area contributed by atoms with Gasteiger partial charge >= 0.3 is 5.97 Å². The van der Waals surface area contributed by atoms with Crippen LogP contribution in [0.25, 0.3) is 0 Å². The number of ether oxygens (including phenoxy) is 1. The zero-order valence-corrected chi connectivity index (χ0v) is 9.51. The van der Waals surface area contributed by atoms with Crippen molar-refractivity contribution >= 4 is 11.9 Å². The Kier molecular flexibility index (Phi) is 3.98. The number of aromatic nitrogens is 3. The van der Waals surface area contributed by atoms with Crippen LogP contribution < -0.4 is 0 Å². The lowest BCUT2D eigenvalue weighted by Gasteiger charge is -2.13. The summed E-state index contributed by atoms with van der Waals surface area (Å²) in [4.78, 5) is 24.1. The van der Waals surface area contributed by atoms with E-state index in [0.717, 1.165) is 0 Å². The van der Waals surface area contributed by atoms with E-state index in [0.29, 0.717) is 6.54 Å². The van der Waals surface area contributed by atoms with Crippen LogP contribution in [-0.2, 0) is 16.1 Å². The van der Waals surface area contributed by atoms with E-state index >= 15 is 0 Å². The van der Waals surface area contributed by atoms with E-state index in [1.54, 1.807) is 11.9 Å². The molecule has 0 bridgehead atoms. The highest BCUT2D eigenvalue weighted by atomic mass is 16.5. The third-order valence-electron chi connectivity index (χ3n) is 2.13. The van der Waals surface area contributed by atoms with E-state index < -0.39 is 5.97 Å². The third-order valence-corrected chi connectivity index (χ3v) is 2.13. The molecule has 0 saturated heterocycles. The van der Waals surface area contributed by atoms with E-state index in [-0.39, 0.29) is 18.1 Å². The van der Waals surface area contributed by atoms with Crippen LogP contribution in [0.5, 0.6) is 0 Å². The predicted molar refractivity (Wildman–Crippen MR) is 54.7 cm³/mol. The van der Waals surface area contributed by atoms with Crippen molar-refractivity contribution < 1.29 is 14.3 Å². The third kappa shape index (κ3) is 2.78. The lowest BCUT2D eigenvalue weighted by atomic mass is 10.4. The second-order valence-electron chi connectivity index (χ2n) is 3.20. The Bertz CT molecular complexity index is 388. The molecule has 0 aliphatic rings. The normalized spacial score (nSPS) is 9.94. The molecule has 7 heteroatoms. The van der Waals surface area contributed by atoms with Crippen LogP contribution in [0.4, 0.5) is 0 Å². The number of nitrogens with zero attached hydrogens (tertiary/aromatic N) is 4. The van der Waals surface area contributed by atoms with Crippen molar-refractivity contribution in [3.63, 3.8) is 0 Å². The number of carbonyl (C=O) groups is 2. The van der Waals surface area contributed by atoms with Crippen molar-refractivity contribution in [1.29, 1.82) is 0 Å². The van der Waals surface area contributed by atoms with Gasteiger partial charge in [-0.2, -0.15) is 0 Å². The van der Waals surface area contributed by atoms with Crippen molar-refractivity contribution in [3.8, 4) is 0 Å². The molecule has 0 spiro atoms. The van der Waals surface area contributed by atoms with Gasteiger partial charge in [0.15, 0.2) is 5.69 Å². The summed E-state index contributed by atoms with van der Waals surface area (Å²) >= 11 is 0. The number of methoxy groups -OCH3 is 1. The number of likely N-dealkylation sites (N-methyl/N-ethyl adjacent to an activating group) is 1. The Morgan fingerprint density at radius 1 is 1.56 bits per heavy atom. The molecule has 0 N–H and O–H groups in total. The molecule has 1 aromatic rings. The second kappa shape index (κ2) is 5.24. The minimum Gasteiger partial charge on any atom is -0.464 e. The van der Waals surface area contributed by atoms with Crippen LogP contribution in [0.2, 0.25) is 0 Å². The van der Waals surface area contributed by atoms with Crippen molar-refractivity contribution in [2.24, 2.45) is 0 Å². The fourth-order valence-electron chi connectivity index (χ4n) is 1.01. The first-order valence-corrected chi connectivity index (χ1v) is 4.81. The van der Waals surface area contributed by atoms with Crippen LogP contribution in [0.3, 0.4) is 0 Å². The van der Waals surface area contributed by atoms with E-state index in [9.17, 15) is 9.59 Å². The first-order valence-electron chi connectivity index (χ1n) is 4.81. The van der Waals surface area contributed by atoms with E-state index in [1.165, 1.54) is 18.0 Å². The zero-order chi connectivity index (χ0) is 12.1. The van der Waals surface area contributed by atoms with Gasteiger partial charge in [-0.25, -0.2) is 9.48 Å². The summed E-state index contributed by atoms with van der Waals surface area (Å²) in [6, 6.07) is 0. The van der Waals surface area contributed by atoms with Gasteiger partial charge in [-0.05, 0) is 6.92 Å². The molecule has 7 nitrogen and oxygen atoms in total. The number of hydrogen-bond acceptors (Lipinski definition) is 5. The summed E-state index contributed by atoms with van der Waals surface area (Å²) in [7, 11) is 2.96. The van der Waals surface area contributed by atoms with Gasteiger partial charge in [0, 0.05) is 13.6 Å². The molecule has 1 amide bonds. The van der Waals surface area contributed by atoms with Gasteiger partial charge in [0.1, 0.15) is 6.54 Å². The summed E-state index contributed by atoms with van der Waals surface area (Å²) in [5, 5.41) is 7.25. The summed E-state index contributed by atoms with van der Waals surface area (Å²) in [5.41, 5.74) is 0.0921. The zero-order valence-electron chi connectivity index (χ0n) is 9.51. The van der Waals surface area contributed by atoms with Crippen LogP contribution in [0.15, 0.2) is 6.20 Å². The fourth-order valence-corrected chi connectivity index (χ4v) is 1.01. The molecule has 0 saturated carbocycles. The van der Waals surface area contributed by atoms with Gasteiger partial charge in [-0.15, -0.1) is 5.10 Å². The number of hydrogen-bond donors (Lipinski definition) is 0. The highest BCUT2D eigenvalue weighted by Gasteiger charge is 2.13. The molecule has 16 heavy (non-hydrogen) atoms. The Balaban J connectivity index is 2.65. The predicted octanol–water partition coefficient (Wildman–Crippen LogP) is -0.457. The van der Waals surface area contributed by atoms with Crippen LogP contribution >= 0.6 is 0 Å². The largest absolute Gasteiger partial charge is 0.464 e. The Labute approximate surface area is 93.0 Å². The topological polar surface area (TPSA) is 77.3 Å². The van der Waals surface area contributed by atoms with Crippen molar-refractivity contribution in [2.45, 2.75) is 13.5 Å². The SMILES string of the molecule is CCN(C)C(=O)Cn1cc(C(=O)OC)nn1.